The molecule has 0 unspecified atom stereocenters. The Morgan fingerprint density at radius 3 is 2.55 bits per heavy atom. The van der Waals surface area contributed by atoms with Crippen LogP contribution in [0.4, 0.5) is 4.79 Å². The first-order valence-corrected chi connectivity index (χ1v) is 10.4. The third-order valence-electron chi connectivity index (χ3n) is 3.92. The summed E-state index contributed by atoms with van der Waals surface area (Å²) in [5.74, 6) is 0.367. The molecule has 0 aliphatic rings. The number of benzene rings is 1. The summed E-state index contributed by atoms with van der Waals surface area (Å²) in [6.45, 7) is 7.25. The third kappa shape index (κ3) is 4.86. The molecule has 0 saturated heterocycles. The molecule has 0 atom stereocenters. The molecule has 3 rings (SSSR count). The second kappa shape index (κ2) is 7.75. The Morgan fingerprint density at radius 2 is 1.90 bits per heavy atom. The highest BCUT2D eigenvalue weighted by Crippen LogP contribution is 2.25. The summed E-state index contributed by atoms with van der Waals surface area (Å²) in [4.78, 5) is 11.9. The summed E-state index contributed by atoms with van der Waals surface area (Å²) in [6, 6.07) is 11.4. The average molecular weight is 417 g/mol. The highest BCUT2D eigenvalue weighted by molar-refractivity contribution is 7.90. The summed E-state index contributed by atoms with van der Waals surface area (Å²) in [5.41, 5.74) is 1.06. The molecule has 1 N–H and O–H groups in total. The van der Waals surface area contributed by atoms with Crippen LogP contribution < -0.4 is 5.32 Å². The van der Waals surface area contributed by atoms with Crippen molar-refractivity contribution in [3.8, 4) is 11.4 Å². The monoisotopic (exact) mass is 417 g/mol. The Morgan fingerprint density at radius 1 is 1.21 bits per heavy atom. The molecule has 2 aromatic heterocycles. The van der Waals surface area contributed by atoms with E-state index in [4.69, 9.17) is 9.26 Å². The highest BCUT2D eigenvalue weighted by atomic mass is 32.2. The number of alkyl carbamates (subject to hydrolysis) is 1. The van der Waals surface area contributed by atoms with Crippen molar-refractivity contribution in [3.05, 3.63) is 60.0 Å². The smallest absolute Gasteiger partial charge is 0.408 e. The van der Waals surface area contributed by atoms with Crippen LogP contribution in [-0.4, -0.2) is 29.2 Å². The molecule has 29 heavy (non-hydrogen) atoms. The molecular weight excluding hydrogens is 394 g/mol. The van der Waals surface area contributed by atoms with Gasteiger partial charge in [-0.25, -0.2) is 17.2 Å². The molecule has 9 heteroatoms. The zero-order valence-electron chi connectivity index (χ0n) is 16.7. The maximum Gasteiger partial charge on any atom is 0.408 e. The molecule has 0 radical (unpaired) electrons. The molecule has 1 amide bonds. The fourth-order valence-electron chi connectivity index (χ4n) is 2.59. The number of nitrogens with one attached hydrogen (secondary N) is 1. The first-order chi connectivity index (χ1) is 13.6. The van der Waals surface area contributed by atoms with E-state index in [1.54, 1.807) is 63.2 Å². The molecule has 3 aromatic rings. The van der Waals surface area contributed by atoms with E-state index < -0.39 is 21.7 Å². The summed E-state index contributed by atoms with van der Waals surface area (Å²) in [6.07, 6.45) is 0.874. The van der Waals surface area contributed by atoms with Crippen LogP contribution in [0.2, 0.25) is 0 Å². The van der Waals surface area contributed by atoms with Gasteiger partial charge in [0.25, 0.3) is 10.0 Å². The Bertz CT molecular complexity index is 1110. The van der Waals surface area contributed by atoms with Gasteiger partial charge >= 0.3 is 6.09 Å². The number of carbonyl (C=O) groups excluding carboxylic acids is 1. The second-order valence-electron chi connectivity index (χ2n) is 7.54. The van der Waals surface area contributed by atoms with Crippen LogP contribution in [-0.2, 0) is 21.3 Å². The fraction of sp³-hybridized carbons (Fsp3) is 0.300. The minimum atomic E-state index is -3.78. The molecule has 0 aliphatic heterocycles. The second-order valence-corrected chi connectivity index (χ2v) is 9.36. The maximum atomic E-state index is 13.0. The van der Waals surface area contributed by atoms with Gasteiger partial charge in [-0.2, -0.15) is 0 Å². The summed E-state index contributed by atoms with van der Waals surface area (Å²) in [5, 5.41) is 6.51. The Labute approximate surface area is 169 Å². The predicted molar refractivity (Wildman–Crippen MR) is 107 cm³/mol. The van der Waals surface area contributed by atoms with E-state index in [1.165, 1.54) is 6.20 Å². The van der Waals surface area contributed by atoms with Crippen LogP contribution >= 0.6 is 0 Å². The minimum absolute atomic E-state index is 0.0628. The van der Waals surface area contributed by atoms with E-state index in [2.05, 4.69) is 10.5 Å². The molecule has 0 aliphatic carbocycles. The standard InChI is InChI=1S/C20H23N3O5S/c1-14-7-9-16(10-8-14)29(25,26)23-11-5-6-18(23)17-12-15(28-22-17)13-21-19(24)27-20(2,3)4/h5-12H,13H2,1-4H3,(H,21,24). The van der Waals surface area contributed by atoms with Crippen molar-refractivity contribution in [1.82, 2.24) is 14.4 Å². The quantitative estimate of drug-likeness (QED) is 0.679. The normalized spacial score (nSPS) is 12.0. The van der Waals surface area contributed by atoms with Crippen LogP contribution in [0.3, 0.4) is 0 Å². The molecule has 8 nitrogen and oxygen atoms in total. The van der Waals surface area contributed by atoms with Crippen molar-refractivity contribution in [3.63, 3.8) is 0 Å². The Hall–Kier alpha value is -3.07. The number of hydrogen-bond donors (Lipinski definition) is 1. The zero-order valence-corrected chi connectivity index (χ0v) is 17.5. The lowest BCUT2D eigenvalue weighted by Crippen LogP contribution is -2.32. The number of hydrogen-bond acceptors (Lipinski definition) is 6. The summed E-state index contributed by atoms with van der Waals surface area (Å²) >= 11 is 0. The van der Waals surface area contributed by atoms with Crippen LogP contribution in [0.1, 0.15) is 32.1 Å². The van der Waals surface area contributed by atoms with E-state index in [9.17, 15) is 13.2 Å². The average Bonchev–Trinajstić information content (AvgIpc) is 3.28. The number of rotatable bonds is 5. The topological polar surface area (TPSA) is 103 Å². The van der Waals surface area contributed by atoms with Gasteiger partial charge in [0.1, 0.15) is 11.3 Å². The van der Waals surface area contributed by atoms with Gasteiger partial charge in [0.15, 0.2) is 5.76 Å². The van der Waals surface area contributed by atoms with E-state index in [1.807, 2.05) is 6.92 Å². The van der Waals surface area contributed by atoms with E-state index in [0.29, 0.717) is 17.1 Å². The van der Waals surface area contributed by atoms with E-state index in [-0.39, 0.29) is 11.4 Å². The van der Waals surface area contributed by atoms with Crippen molar-refractivity contribution in [2.24, 2.45) is 0 Å². The number of nitrogens with zero attached hydrogens (tertiary/aromatic N) is 2. The Balaban J connectivity index is 1.79. The first kappa shape index (κ1) is 20.7. The number of aryl methyl sites for hydroxylation is 1. The summed E-state index contributed by atoms with van der Waals surface area (Å²) < 4.78 is 37.5. The van der Waals surface area contributed by atoms with Crippen LogP contribution in [0.5, 0.6) is 0 Å². The van der Waals surface area contributed by atoms with Gasteiger partial charge in [0.05, 0.1) is 17.1 Å². The summed E-state index contributed by atoms with van der Waals surface area (Å²) in [7, 11) is -3.78. The molecule has 154 valence electrons. The van der Waals surface area contributed by atoms with Gasteiger partial charge in [-0.15, -0.1) is 0 Å². The van der Waals surface area contributed by atoms with Crippen molar-refractivity contribution in [1.29, 1.82) is 0 Å². The van der Waals surface area contributed by atoms with Crippen LogP contribution in [0.25, 0.3) is 11.4 Å². The lowest BCUT2D eigenvalue weighted by Gasteiger charge is -2.19. The predicted octanol–water partition coefficient (Wildman–Crippen LogP) is 3.71. The van der Waals surface area contributed by atoms with E-state index >= 15 is 0 Å². The van der Waals surface area contributed by atoms with E-state index in [0.717, 1.165) is 9.54 Å². The van der Waals surface area contributed by atoms with Gasteiger partial charge in [0.2, 0.25) is 0 Å². The minimum Gasteiger partial charge on any atom is -0.444 e. The molecule has 2 heterocycles. The number of ether oxygens (including phenoxy) is 1. The zero-order chi connectivity index (χ0) is 21.2. The lowest BCUT2D eigenvalue weighted by atomic mass is 10.2. The first-order valence-electron chi connectivity index (χ1n) is 8.99. The molecular formula is C20H23N3O5S. The van der Waals surface area contributed by atoms with Gasteiger partial charge in [-0.1, -0.05) is 22.9 Å². The molecule has 0 fully saturated rings. The van der Waals surface area contributed by atoms with Crippen molar-refractivity contribution < 1.29 is 22.5 Å². The van der Waals surface area contributed by atoms with Gasteiger partial charge in [-0.3, -0.25) is 0 Å². The highest BCUT2D eigenvalue weighted by Gasteiger charge is 2.22. The lowest BCUT2D eigenvalue weighted by molar-refractivity contribution is 0.0519. The van der Waals surface area contributed by atoms with Gasteiger partial charge in [0, 0.05) is 12.3 Å². The van der Waals surface area contributed by atoms with Crippen molar-refractivity contribution >= 4 is 16.1 Å². The van der Waals surface area contributed by atoms with Crippen LogP contribution in [0, 0.1) is 6.92 Å². The number of carbonyl (C=O) groups is 1. The van der Waals surface area contributed by atoms with Gasteiger partial charge in [-0.05, 0) is 52.0 Å². The molecule has 0 spiro atoms. The maximum absolute atomic E-state index is 13.0. The third-order valence-corrected chi connectivity index (χ3v) is 5.62. The van der Waals surface area contributed by atoms with Crippen molar-refractivity contribution in [2.75, 3.05) is 0 Å². The largest absolute Gasteiger partial charge is 0.444 e. The number of amides is 1. The Kier molecular flexibility index (Phi) is 5.52. The molecule has 1 aromatic carbocycles. The fourth-order valence-corrected chi connectivity index (χ4v) is 3.94. The SMILES string of the molecule is Cc1ccc(S(=O)(=O)n2cccc2-c2cc(CNC(=O)OC(C)(C)C)on2)cc1. The van der Waals surface area contributed by atoms with Gasteiger partial charge < -0.3 is 14.6 Å². The van der Waals surface area contributed by atoms with Crippen molar-refractivity contribution in [2.45, 2.75) is 44.7 Å². The molecule has 0 saturated carbocycles. The van der Waals surface area contributed by atoms with Crippen LogP contribution in [0.15, 0.2) is 58.1 Å². The molecule has 0 bridgehead atoms. The number of aromatic nitrogens is 2.